The van der Waals surface area contributed by atoms with Crippen LogP contribution in [0.25, 0.3) is 0 Å². The van der Waals surface area contributed by atoms with Crippen molar-refractivity contribution in [2.45, 2.75) is 18.9 Å². The lowest BCUT2D eigenvalue weighted by molar-refractivity contribution is -0.140. The standard InChI is InChI=1S/C17H18O6/c1-21-10-12-8-14(18)16(20)17(23-12)13(9-15(19)22-2)11-6-4-3-5-7-11/h3-8,13,20H,9-10H2,1-2H3/t13-/m1/s1. The van der Waals surface area contributed by atoms with Gasteiger partial charge in [0.1, 0.15) is 12.4 Å². The van der Waals surface area contributed by atoms with Crippen molar-refractivity contribution in [1.82, 2.24) is 0 Å². The second-order valence-electron chi connectivity index (χ2n) is 4.97. The van der Waals surface area contributed by atoms with Crippen LogP contribution in [0.3, 0.4) is 0 Å². The van der Waals surface area contributed by atoms with E-state index in [0.717, 1.165) is 5.56 Å². The van der Waals surface area contributed by atoms with E-state index in [1.807, 2.05) is 6.07 Å². The number of rotatable bonds is 6. The van der Waals surface area contributed by atoms with Crippen LogP contribution in [0, 0.1) is 0 Å². The Morgan fingerprint density at radius 1 is 1.26 bits per heavy atom. The van der Waals surface area contributed by atoms with Gasteiger partial charge < -0.3 is 19.0 Å². The van der Waals surface area contributed by atoms with Crippen LogP contribution in [0.4, 0.5) is 0 Å². The van der Waals surface area contributed by atoms with E-state index >= 15 is 0 Å². The zero-order valence-corrected chi connectivity index (χ0v) is 12.9. The van der Waals surface area contributed by atoms with Crippen LogP contribution in [-0.2, 0) is 20.9 Å². The number of aromatic hydroxyl groups is 1. The van der Waals surface area contributed by atoms with Crippen LogP contribution in [-0.4, -0.2) is 25.3 Å². The van der Waals surface area contributed by atoms with Gasteiger partial charge in [-0.05, 0) is 5.56 Å². The molecule has 1 atom stereocenters. The average Bonchev–Trinajstić information content (AvgIpc) is 2.57. The molecule has 0 saturated carbocycles. The average molecular weight is 318 g/mol. The largest absolute Gasteiger partial charge is 0.502 e. The molecule has 0 saturated heterocycles. The molecule has 0 radical (unpaired) electrons. The quantitative estimate of drug-likeness (QED) is 0.822. The SMILES string of the molecule is COCc1cc(=O)c(O)c([C@H](CC(=O)OC)c2ccccc2)o1. The summed E-state index contributed by atoms with van der Waals surface area (Å²) in [4.78, 5) is 23.7. The van der Waals surface area contributed by atoms with Crippen molar-refractivity contribution in [2.24, 2.45) is 0 Å². The van der Waals surface area contributed by atoms with Gasteiger partial charge in [-0.15, -0.1) is 0 Å². The molecule has 0 fully saturated rings. The van der Waals surface area contributed by atoms with Crippen LogP contribution < -0.4 is 5.43 Å². The summed E-state index contributed by atoms with van der Waals surface area (Å²) in [5, 5.41) is 10.1. The Bertz CT molecular complexity index is 720. The number of methoxy groups -OCH3 is 2. The fourth-order valence-corrected chi connectivity index (χ4v) is 2.30. The van der Waals surface area contributed by atoms with Gasteiger partial charge in [0, 0.05) is 13.2 Å². The molecule has 0 unspecified atom stereocenters. The molecular formula is C17H18O6. The highest BCUT2D eigenvalue weighted by atomic mass is 16.5. The van der Waals surface area contributed by atoms with Crippen molar-refractivity contribution in [1.29, 1.82) is 0 Å². The van der Waals surface area contributed by atoms with E-state index in [1.165, 1.54) is 20.3 Å². The summed E-state index contributed by atoms with van der Waals surface area (Å²) >= 11 is 0. The van der Waals surface area contributed by atoms with Crippen molar-refractivity contribution >= 4 is 5.97 Å². The van der Waals surface area contributed by atoms with Crippen molar-refractivity contribution in [3.8, 4) is 5.75 Å². The van der Waals surface area contributed by atoms with Gasteiger partial charge in [0.2, 0.25) is 11.2 Å². The molecule has 6 heteroatoms. The molecule has 1 heterocycles. The molecular weight excluding hydrogens is 300 g/mol. The van der Waals surface area contributed by atoms with E-state index in [9.17, 15) is 14.7 Å². The maximum Gasteiger partial charge on any atom is 0.306 e. The van der Waals surface area contributed by atoms with Gasteiger partial charge in [-0.2, -0.15) is 0 Å². The van der Waals surface area contributed by atoms with Crippen molar-refractivity contribution in [3.63, 3.8) is 0 Å². The van der Waals surface area contributed by atoms with Crippen LogP contribution in [0.2, 0.25) is 0 Å². The van der Waals surface area contributed by atoms with Gasteiger partial charge in [0.15, 0.2) is 5.76 Å². The molecule has 0 spiro atoms. The lowest BCUT2D eigenvalue weighted by atomic mass is 9.92. The topological polar surface area (TPSA) is 86.0 Å². The summed E-state index contributed by atoms with van der Waals surface area (Å²) < 4.78 is 15.3. The summed E-state index contributed by atoms with van der Waals surface area (Å²) in [5.41, 5.74) is 0.148. The lowest BCUT2D eigenvalue weighted by Gasteiger charge is -2.17. The number of ether oxygens (including phenoxy) is 2. The molecule has 2 rings (SSSR count). The summed E-state index contributed by atoms with van der Waals surface area (Å²) in [6.07, 6.45) is -0.0621. The van der Waals surface area contributed by atoms with Gasteiger partial charge in [0.25, 0.3) is 0 Å². The van der Waals surface area contributed by atoms with Crippen molar-refractivity contribution in [2.75, 3.05) is 14.2 Å². The zero-order chi connectivity index (χ0) is 16.8. The predicted octanol–water partition coefficient (Wildman–Crippen LogP) is 2.19. The van der Waals surface area contributed by atoms with Gasteiger partial charge in [-0.3, -0.25) is 9.59 Å². The minimum absolute atomic E-state index is 0.0288. The second-order valence-corrected chi connectivity index (χ2v) is 4.97. The second kappa shape index (κ2) is 7.60. The minimum atomic E-state index is -0.631. The summed E-state index contributed by atoms with van der Waals surface area (Å²) in [5.74, 6) is -1.31. The van der Waals surface area contributed by atoms with Gasteiger partial charge in [0.05, 0.1) is 19.4 Å². The Hall–Kier alpha value is -2.60. The fraction of sp³-hybridized carbons (Fsp3) is 0.294. The van der Waals surface area contributed by atoms with Crippen molar-refractivity contribution in [3.05, 3.63) is 63.7 Å². The molecule has 6 nitrogen and oxygen atoms in total. The summed E-state index contributed by atoms with van der Waals surface area (Å²) in [6.45, 7) is 0.0856. The van der Waals surface area contributed by atoms with E-state index in [0.29, 0.717) is 0 Å². The van der Waals surface area contributed by atoms with Gasteiger partial charge in [-0.1, -0.05) is 30.3 Å². The highest BCUT2D eigenvalue weighted by molar-refractivity contribution is 5.71. The first-order valence-corrected chi connectivity index (χ1v) is 7.03. The highest BCUT2D eigenvalue weighted by Crippen LogP contribution is 2.33. The first kappa shape index (κ1) is 16.8. The van der Waals surface area contributed by atoms with Crippen LogP contribution in [0.5, 0.6) is 5.75 Å². The molecule has 2 aromatic rings. The monoisotopic (exact) mass is 318 g/mol. The minimum Gasteiger partial charge on any atom is -0.502 e. The maximum atomic E-state index is 11.9. The molecule has 0 bridgehead atoms. The molecule has 0 aliphatic heterocycles. The first-order valence-electron chi connectivity index (χ1n) is 7.03. The third-order valence-electron chi connectivity index (χ3n) is 3.40. The summed E-state index contributed by atoms with van der Waals surface area (Å²) in [7, 11) is 2.75. The number of esters is 1. The molecule has 1 aromatic carbocycles. The number of carbonyl (C=O) groups is 1. The third kappa shape index (κ3) is 3.98. The fourth-order valence-electron chi connectivity index (χ4n) is 2.30. The number of hydrogen-bond acceptors (Lipinski definition) is 6. The Labute approximate surface area is 133 Å². The molecule has 0 amide bonds. The summed E-state index contributed by atoms with van der Waals surface area (Å²) in [6, 6.07) is 10.2. The van der Waals surface area contributed by atoms with E-state index < -0.39 is 23.1 Å². The van der Waals surface area contributed by atoms with Gasteiger partial charge >= 0.3 is 5.97 Å². The Morgan fingerprint density at radius 3 is 2.57 bits per heavy atom. The number of hydrogen-bond donors (Lipinski definition) is 1. The molecule has 0 aliphatic rings. The third-order valence-corrected chi connectivity index (χ3v) is 3.40. The van der Waals surface area contributed by atoms with Crippen molar-refractivity contribution < 1.29 is 23.8 Å². The first-order chi connectivity index (χ1) is 11.1. The van der Waals surface area contributed by atoms with Crippen LogP contribution >= 0.6 is 0 Å². The lowest BCUT2D eigenvalue weighted by Crippen LogP contribution is -2.14. The van der Waals surface area contributed by atoms with Crippen LogP contribution in [0.15, 0.2) is 45.6 Å². The maximum absolute atomic E-state index is 11.9. The van der Waals surface area contributed by atoms with Gasteiger partial charge in [-0.25, -0.2) is 0 Å². The Kier molecular flexibility index (Phi) is 5.54. The van der Waals surface area contributed by atoms with E-state index in [-0.39, 0.29) is 24.5 Å². The Morgan fingerprint density at radius 2 is 1.96 bits per heavy atom. The predicted molar refractivity (Wildman–Crippen MR) is 82.3 cm³/mol. The van der Waals surface area contributed by atoms with E-state index in [4.69, 9.17) is 13.9 Å². The zero-order valence-electron chi connectivity index (χ0n) is 12.9. The van der Waals surface area contributed by atoms with Crippen LogP contribution in [0.1, 0.15) is 29.4 Å². The highest BCUT2D eigenvalue weighted by Gasteiger charge is 2.26. The molecule has 122 valence electrons. The number of carbonyl (C=O) groups excluding carboxylic acids is 1. The molecule has 23 heavy (non-hydrogen) atoms. The molecule has 1 aromatic heterocycles. The molecule has 0 aliphatic carbocycles. The normalized spacial score (nSPS) is 11.9. The van der Waals surface area contributed by atoms with E-state index in [1.54, 1.807) is 24.3 Å². The Balaban J connectivity index is 2.54. The molecule has 1 N–H and O–H groups in total. The smallest absolute Gasteiger partial charge is 0.306 e. The number of benzene rings is 1. The van der Waals surface area contributed by atoms with E-state index in [2.05, 4.69) is 0 Å².